The number of pyridine rings is 1. The Labute approximate surface area is 149 Å². The van der Waals surface area contributed by atoms with Gasteiger partial charge in [0.25, 0.3) is 5.65 Å². The molecule has 0 saturated heterocycles. The summed E-state index contributed by atoms with van der Waals surface area (Å²) in [5, 5.41) is 13.2. The summed E-state index contributed by atoms with van der Waals surface area (Å²) in [6, 6.07) is 12.8. The molecule has 0 N–H and O–H groups in total. The van der Waals surface area contributed by atoms with E-state index in [4.69, 9.17) is 0 Å². The van der Waals surface area contributed by atoms with Crippen LogP contribution in [0, 0.1) is 6.92 Å². The standard InChI is InChI=1S/C20H16N4O2/c1-14-5-4-6-16(9-14)18-19(25)23-8-3-2-7-17(23)24(20(18)26)12-15-10-21-13-22-11-15/h2-11,13H,12H2,1H3. The third kappa shape index (κ3) is 2.71. The molecule has 0 spiro atoms. The van der Waals surface area contributed by atoms with Gasteiger partial charge in [-0.3, -0.25) is 0 Å². The summed E-state index contributed by atoms with van der Waals surface area (Å²) in [7, 11) is 0. The second-order valence-corrected chi connectivity index (χ2v) is 6.12. The monoisotopic (exact) mass is 344 g/mol. The molecular weight excluding hydrogens is 328 g/mol. The van der Waals surface area contributed by atoms with Gasteiger partial charge in [-0.25, -0.2) is 19.3 Å². The van der Waals surface area contributed by atoms with Crippen LogP contribution in [0.3, 0.4) is 0 Å². The number of rotatable bonds is 3. The Morgan fingerprint density at radius 1 is 1.12 bits per heavy atom. The molecule has 0 aliphatic carbocycles. The number of hydrogen-bond acceptors (Lipinski definition) is 4. The second kappa shape index (κ2) is 6.40. The first-order chi connectivity index (χ1) is 12.6. The maximum Gasteiger partial charge on any atom is 0.349 e. The Morgan fingerprint density at radius 3 is 2.69 bits per heavy atom. The minimum absolute atomic E-state index is 0.161. The third-order valence-electron chi connectivity index (χ3n) is 4.27. The van der Waals surface area contributed by atoms with Gasteiger partial charge in [-0.15, -0.1) is 0 Å². The molecule has 6 nitrogen and oxygen atoms in total. The van der Waals surface area contributed by atoms with Crippen LogP contribution in [0.4, 0.5) is 0 Å². The zero-order valence-electron chi connectivity index (χ0n) is 14.2. The summed E-state index contributed by atoms with van der Waals surface area (Å²) in [5.41, 5.74) is 2.77. The molecule has 6 heteroatoms. The minimum Gasteiger partial charge on any atom is -0.842 e. The highest BCUT2D eigenvalue weighted by Gasteiger charge is 2.20. The van der Waals surface area contributed by atoms with E-state index in [1.54, 1.807) is 47.4 Å². The highest BCUT2D eigenvalue weighted by atomic mass is 16.3. The fourth-order valence-electron chi connectivity index (χ4n) is 3.07. The van der Waals surface area contributed by atoms with E-state index in [9.17, 15) is 9.90 Å². The first-order valence-electron chi connectivity index (χ1n) is 8.20. The predicted molar refractivity (Wildman–Crippen MR) is 94.6 cm³/mol. The average Bonchev–Trinajstić information content (AvgIpc) is 2.66. The van der Waals surface area contributed by atoms with Crippen LogP contribution in [0.2, 0.25) is 0 Å². The number of aryl methyl sites for hydroxylation is 1. The topological polar surface area (TPSA) is 74.2 Å². The van der Waals surface area contributed by atoms with Gasteiger partial charge in [0.05, 0.1) is 12.1 Å². The smallest absolute Gasteiger partial charge is 0.349 e. The molecular formula is C20H16N4O2. The van der Waals surface area contributed by atoms with Crippen molar-refractivity contribution in [3.63, 3.8) is 0 Å². The van der Waals surface area contributed by atoms with Crippen molar-refractivity contribution >= 4 is 5.65 Å². The summed E-state index contributed by atoms with van der Waals surface area (Å²) in [6.45, 7) is 2.22. The molecule has 3 aromatic heterocycles. The minimum atomic E-state index is -0.323. The van der Waals surface area contributed by atoms with Crippen molar-refractivity contribution in [3.05, 3.63) is 88.9 Å². The highest BCUT2D eigenvalue weighted by Crippen LogP contribution is 2.22. The second-order valence-electron chi connectivity index (χ2n) is 6.12. The van der Waals surface area contributed by atoms with Crippen LogP contribution in [-0.4, -0.2) is 14.4 Å². The van der Waals surface area contributed by atoms with Crippen LogP contribution in [0.1, 0.15) is 11.1 Å². The number of aromatic nitrogens is 4. The van der Waals surface area contributed by atoms with E-state index in [1.165, 1.54) is 10.7 Å². The summed E-state index contributed by atoms with van der Waals surface area (Å²) in [4.78, 5) is 21.0. The van der Waals surface area contributed by atoms with Gasteiger partial charge in [0.15, 0.2) is 0 Å². The van der Waals surface area contributed by atoms with Crippen molar-refractivity contribution in [2.24, 2.45) is 0 Å². The molecule has 0 radical (unpaired) electrons. The van der Waals surface area contributed by atoms with Gasteiger partial charge in [0.1, 0.15) is 18.4 Å². The van der Waals surface area contributed by atoms with Gasteiger partial charge in [-0.1, -0.05) is 35.9 Å². The van der Waals surface area contributed by atoms with Crippen LogP contribution in [-0.2, 0) is 6.54 Å². The average molecular weight is 344 g/mol. The number of benzene rings is 1. The summed E-state index contributed by atoms with van der Waals surface area (Å²) in [5.74, 6) is -0.323. The van der Waals surface area contributed by atoms with Gasteiger partial charge in [0, 0.05) is 24.0 Å². The molecule has 4 rings (SSSR count). The Bertz CT molecular complexity index is 1150. The van der Waals surface area contributed by atoms with E-state index in [1.807, 2.05) is 25.1 Å². The Morgan fingerprint density at radius 2 is 1.92 bits per heavy atom. The zero-order chi connectivity index (χ0) is 18.1. The number of hydrogen-bond donors (Lipinski definition) is 0. The Hall–Kier alpha value is -3.54. The fourth-order valence-corrected chi connectivity index (χ4v) is 3.07. The quantitative estimate of drug-likeness (QED) is 0.528. The van der Waals surface area contributed by atoms with Crippen molar-refractivity contribution in [2.45, 2.75) is 13.5 Å². The van der Waals surface area contributed by atoms with Crippen molar-refractivity contribution < 1.29 is 9.67 Å². The third-order valence-corrected chi connectivity index (χ3v) is 4.27. The summed E-state index contributed by atoms with van der Waals surface area (Å²) >= 11 is 0. The first-order valence-corrected chi connectivity index (χ1v) is 8.20. The molecule has 0 atom stereocenters. The SMILES string of the molecule is Cc1cccc(-c2c([O-])[n+](Cc3cncnc3)c3ccccn3c2=O)c1. The lowest BCUT2D eigenvalue weighted by atomic mass is 10.1. The zero-order valence-corrected chi connectivity index (χ0v) is 14.2. The normalized spacial score (nSPS) is 11.0. The van der Waals surface area contributed by atoms with E-state index in [0.717, 1.165) is 11.1 Å². The molecule has 3 heterocycles. The maximum absolute atomic E-state index is 13.2. The van der Waals surface area contributed by atoms with Crippen molar-refractivity contribution in [2.75, 3.05) is 0 Å². The van der Waals surface area contributed by atoms with Gasteiger partial charge >= 0.3 is 5.56 Å². The van der Waals surface area contributed by atoms with Gasteiger partial charge in [0.2, 0.25) is 0 Å². The number of nitrogens with zero attached hydrogens (tertiary/aromatic N) is 4. The van der Waals surface area contributed by atoms with Crippen LogP contribution in [0.25, 0.3) is 16.8 Å². The molecule has 26 heavy (non-hydrogen) atoms. The Balaban J connectivity index is 2.03. The fraction of sp³-hybridized carbons (Fsp3) is 0.100. The molecule has 0 aliphatic rings. The molecule has 128 valence electrons. The number of fused-ring (bicyclic) bond motifs is 1. The van der Waals surface area contributed by atoms with Crippen molar-refractivity contribution in [1.29, 1.82) is 0 Å². The van der Waals surface area contributed by atoms with Crippen molar-refractivity contribution in [3.8, 4) is 17.0 Å². The van der Waals surface area contributed by atoms with Crippen LogP contribution in [0.5, 0.6) is 5.88 Å². The molecule has 4 aromatic rings. The van der Waals surface area contributed by atoms with Crippen LogP contribution >= 0.6 is 0 Å². The highest BCUT2D eigenvalue weighted by molar-refractivity contribution is 5.67. The van der Waals surface area contributed by atoms with Gasteiger partial charge < -0.3 is 5.11 Å². The van der Waals surface area contributed by atoms with Gasteiger partial charge in [-0.2, -0.15) is 4.40 Å². The lowest BCUT2D eigenvalue weighted by Crippen LogP contribution is -2.44. The van der Waals surface area contributed by atoms with E-state index < -0.39 is 0 Å². The molecule has 0 amide bonds. The Kier molecular flexibility index (Phi) is 3.93. The lowest BCUT2D eigenvalue weighted by molar-refractivity contribution is -0.708. The summed E-state index contributed by atoms with van der Waals surface area (Å²) < 4.78 is 3.08. The molecule has 1 aromatic carbocycles. The van der Waals surface area contributed by atoms with E-state index in [2.05, 4.69) is 9.97 Å². The van der Waals surface area contributed by atoms with E-state index in [-0.39, 0.29) is 23.5 Å². The van der Waals surface area contributed by atoms with E-state index in [0.29, 0.717) is 11.2 Å². The van der Waals surface area contributed by atoms with Crippen LogP contribution in [0.15, 0.2) is 72.2 Å². The summed E-state index contributed by atoms with van der Waals surface area (Å²) in [6.07, 6.45) is 6.44. The predicted octanol–water partition coefficient (Wildman–Crippen LogP) is 1.47. The lowest BCUT2D eigenvalue weighted by Gasteiger charge is -2.17. The molecule has 0 bridgehead atoms. The molecule has 0 unspecified atom stereocenters. The molecule has 0 aliphatic heterocycles. The van der Waals surface area contributed by atoms with Crippen molar-refractivity contribution in [1.82, 2.24) is 14.4 Å². The molecule has 0 saturated carbocycles. The maximum atomic E-state index is 13.2. The first kappa shape index (κ1) is 16.0. The largest absolute Gasteiger partial charge is 0.842 e. The van der Waals surface area contributed by atoms with Gasteiger partial charge in [-0.05, 0) is 18.6 Å². The van der Waals surface area contributed by atoms with E-state index >= 15 is 0 Å². The molecule has 0 fully saturated rings. The van der Waals surface area contributed by atoms with Crippen LogP contribution < -0.4 is 15.2 Å².